The Morgan fingerprint density at radius 1 is 1.07 bits per heavy atom. The van der Waals surface area contributed by atoms with Crippen LogP contribution >= 0.6 is 0 Å². The lowest BCUT2D eigenvalue weighted by Gasteiger charge is -2.32. The van der Waals surface area contributed by atoms with Gasteiger partial charge in [-0.05, 0) is 73.9 Å². The highest BCUT2D eigenvalue weighted by Crippen LogP contribution is 2.26. The van der Waals surface area contributed by atoms with Crippen LogP contribution in [0, 0.1) is 5.92 Å². The highest BCUT2D eigenvalue weighted by Gasteiger charge is 2.42. The van der Waals surface area contributed by atoms with Gasteiger partial charge in [0.25, 0.3) is 5.89 Å². The molecule has 8 nitrogen and oxygen atoms in total. The normalized spacial score (nSPS) is 14.8. The quantitative estimate of drug-likeness (QED) is 0.157. The highest BCUT2D eigenvalue weighted by atomic mass is 19.4. The number of nitrogens with zero attached hydrogens (tertiary/aromatic N) is 3. The zero-order valence-electron chi connectivity index (χ0n) is 22.9. The van der Waals surface area contributed by atoms with Gasteiger partial charge in [-0.25, -0.2) is 19.6 Å². The van der Waals surface area contributed by atoms with E-state index in [1.54, 1.807) is 0 Å². The molecule has 41 heavy (non-hydrogen) atoms. The summed E-state index contributed by atoms with van der Waals surface area (Å²) in [5.74, 6) is -3.45. The van der Waals surface area contributed by atoms with E-state index in [9.17, 15) is 27.6 Å². The standard InChI is InChI=1S/C30H32F3N3O5/c1-19(2)22-11-9-21(10-12-22)18-36-15-13-20(14-16-36)5-3-8-25(37)27-34-17-26(40-27)23-6-4-7-24(35-23)28(38)41-29(39)30(31,32)33/h4,6-7,9-12,17,19-20H,3,5,8,13-16,18H2,1-2H3. The summed E-state index contributed by atoms with van der Waals surface area (Å²) in [4.78, 5) is 45.8. The lowest BCUT2D eigenvalue weighted by atomic mass is 9.91. The largest absolute Gasteiger partial charge is 0.491 e. The van der Waals surface area contributed by atoms with E-state index in [2.05, 4.69) is 57.7 Å². The average Bonchev–Trinajstić information content (AvgIpc) is 3.44. The minimum absolute atomic E-state index is 0.0492. The van der Waals surface area contributed by atoms with Crippen molar-refractivity contribution in [3.63, 3.8) is 0 Å². The zero-order valence-corrected chi connectivity index (χ0v) is 22.9. The number of benzene rings is 1. The minimum Gasteiger partial charge on any atom is -0.432 e. The van der Waals surface area contributed by atoms with Gasteiger partial charge in [-0.1, -0.05) is 44.2 Å². The Kier molecular flexibility index (Phi) is 9.69. The van der Waals surface area contributed by atoms with Crippen LogP contribution in [-0.2, 0) is 16.1 Å². The molecule has 218 valence electrons. The Morgan fingerprint density at radius 3 is 2.44 bits per heavy atom. The molecule has 11 heteroatoms. The Balaban J connectivity index is 1.22. The number of piperidine rings is 1. The van der Waals surface area contributed by atoms with Crippen LogP contribution in [0.4, 0.5) is 13.2 Å². The van der Waals surface area contributed by atoms with Crippen molar-refractivity contribution in [3.05, 3.63) is 71.4 Å². The molecule has 0 saturated carbocycles. The van der Waals surface area contributed by atoms with E-state index in [-0.39, 0.29) is 29.5 Å². The number of rotatable bonds is 10. The van der Waals surface area contributed by atoms with Crippen molar-refractivity contribution in [2.45, 2.75) is 64.6 Å². The van der Waals surface area contributed by atoms with E-state index >= 15 is 0 Å². The SMILES string of the molecule is CC(C)c1ccc(CN2CCC(CCCC(=O)c3ncc(-c4cccc(C(=O)OC(=O)C(F)(F)F)n4)o3)CC2)cc1. The molecule has 1 saturated heterocycles. The summed E-state index contributed by atoms with van der Waals surface area (Å²) in [6, 6.07) is 12.7. The molecule has 4 rings (SSSR count). The number of hydrogen-bond acceptors (Lipinski definition) is 8. The Morgan fingerprint density at radius 2 is 1.78 bits per heavy atom. The molecule has 0 amide bonds. The third kappa shape index (κ3) is 8.32. The summed E-state index contributed by atoms with van der Waals surface area (Å²) in [7, 11) is 0. The molecule has 0 spiro atoms. The number of alkyl halides is 3. The number of carbonyl (C=O) groups excluding carboxylic acids is 3. The van der Waals surface area contributed by atoms with Gasteiger partial charge in [0.2, 0.25) is 5.78 Å². The zero-order chi connectivity index (χ0) is 29.6. The molecular formula is C30H32F3N3O5. The summed E-state index contributed by atoms with van der Waals surface area (Å²) >= 11 is 0. The van der Waals surface area contributed by atoms with Crippen LogP contribution in [0.3, 0.4) is 0 Å². The van der Waals surface area contributed by atoms with Gasteiger partial charge in [0, 0.05) is 13.0 Å². The van der Waals surface area contributed by atoms with Gasteiger partial charge in [-0.2, -0.15) is 13.2 Å². The first-order valence-electron chi connectivity index (χ1n) is 13.6. The van der Waals surface area contributed by atoms with Gasteiger partial charge < -0.3 is 9.15 Å². The third-order valence-corrected chi connectivity index (χ3v) is 7.15. The maximum absolute atomic E-state index is 12.6. The molecule has 3 aromatic rings. The van der Waals surface area contributed by atoms with Gasteiger partial charge in [-0.3, -0.25) is 9.69 Å². The van der Waals surface area contributed by atoms with Crippen LogP contribution in [0.25, 0.3) is 11.5 Å². The fourth-order valence-corrected chi connectivity index (χ4v) is 4.76. The second-order valence-corrected chi connectivity index (χ2v) is 10.5. The Labute approximate surface area is 235 Å². The van der Waals surface area contributed by atoms with E-state index in [1.807, 2.05) is 0 Å². The molecule has 0 unspecified atom stereocenters. The number of Topliss-reactive ketones (excluding diaryl/α,β-unsaturated/α-hetero) is 1. The molecular weight excluding hydrogens is 539 g/mol. The number of ketones is 1. The molecule has 3 heterocycles. The molecule has 0 N–H and O–H groups in total. The van der Waals surface area contributed by atoms with Crippen molar-refractivity contribution in [1.29, 1.82) is 0 Å². The number of esters is 2. The summed E-state index contributed by atoms with van der Waals surface area (Å²) < 4.78 is 46.4. The van der Waals surface area contributed by atoms with Crippen molar-refractivity contribution in [2.75, 3.05) is 13.1 Å². The first kappa shape index (κ1) is 30.1. The van der Waals surface area contributed by atoms with Crippen LogP contribution < -0.4 is 0 Å². The summed E-state index contributed by atoms with van der Waals surface area (Å²) in [6.45, 7) is 7.38. The number of carbonyl (C=O) groups is 3. The molecule has 0 atom stereocenters. The van der Waals surface area contributed by atoms with Crippen molar-refractivity contribution >= 4 is 17.7 Å². The predicted molar refractivity (Wildman–Crippen MR) is 143 cm³/mol. The fraction of sp³-hybridized carbons (Fsp3) is 0.433. The van der Waals surface area contributed by atoms with Crippen molar-refractivity contribution < 1.29 is 36.7 Å². The maximum atomic E-state index is 12.6. The van der Waals surface area contributed by atoms with E-state index in [0.717, 1.165) is 45.0 Å². The third-order valence-electron chi connectivity index (χ3n) is 7.15. The summed E-state index contributed by atoms with van der Waals surface area (Å²) in [6.07, 6.45) is -0.00523. The number of pyridine rings is 1. The van der Waals surface area contributed by atoms with E-state index in [1.165, 1.54) is 29.5 Å². The van der Waals surface area contributed by atoms with Crippen LogP contribution in [-0.4, -0.2) is 51.9 Å². The lowest BCUT2D eigenvalue weighted by molar-refractivity contribution is -0.193. The lowest BCUT2D eigenvalue weighted by Crippen LogP contribution is -2.33. The maximum Gasteiger partial charge on any atom is 0.491 e. The first-order valence-corrected chi connectivity index (χ1v) is 13.6. The van der Waals surface area contributed by atoms with Gasteiger partial charge in [-0.15, -0.1) is 0 Å². The molecule has 1 aliphatic rings. The van der Waals surface area contributed by atoms with Crippen molar-refractivity contribution in [2.24, 2.45) is 5.92 Å². The molecule has 0 bridgehead atoms. The predicted octanol–water partition coefficient (Wildman–Crippen LogP) is 6.37. The number of oxazole rings is 1. The Bertz CT molecular complexity index is 1360. The number of ether oxygens (including phenoxy) is 1. The van der Waals surface area contributed by atoms with Crippen LogP contribution in [0.1, 0.15) is 84.2 Å². The van der Waals surface area contributed by atoms with E-state index < -0.39 is 23.8 Å². The van der Waals surface area contributed by atoms with E-state index in [4.69, 9.17) is 4.42 Å². The number of halogens is 3. The molecule has 0 aliphatic carbocycles. The smallest absolute Gasteiger partial charge is 0.432 e. The second kappa shape index (κ2) is 13.2. The van der Waals surface area contributed by atoms with Gasteiger partial charge >= 0.3 is 18.1 Å². The summed E-state index contributed by atoms with van der Waals surface area (Å²) in [5, 5.41) is 0. The van der Waals surface area contributed by atoms with Crippen LogP contribution in [0.15, 0.2) is 53.1 Å². The molecule has 1 aliphatic heterocycles. The van der Waals surface area contributed by atoms with E-state index in [0.29, 0.717) is 18.3 Å². The van der Waals surface area contributed by atoms with Crippen molar-refractivity contribution in [1.82, 2.24) is 14.9 Å². The highest BCUT2D eigenvalue weighted by molar-refractivity contribution is 5.97. The summed E-state index contributed by atoms with van der Waals surface area (Å²) in [5.41, 5.74) is 2.19. The van der Waals surface area contributed by atoms with Crippen LogP contribution in [0.5, 0.6) is 0 Å². The van der Waals surface area contributed by atoms with Crippen LogP contribution in [0.2, 0.25) is 0 Å². The second-order valence-electron chi connectivity index (χ2n) is 10.5. The van der Waals surface area contributed by atoms with Gasteiger partial charge in [0.15, 0.2) is 5.76 Å². The molecule has 2 aromatic heterocycles. The Hall–Kier alpha value is -3.86. The molecule has 1 aromatic carbocycles. The number of likely N-dealkylation sites (tertiary alicyclic amines) is 1. The first-order chi connectivity index (χ1) is 19.5. The average molecular weight is 572 g/mol. The van der Waals surface area contributed by atoms with Gasteiger partial charge in [0.1, 0.15) is 11.4 Å². The van der Waals surface area contributed by atoms with Crippen molar-refractivity contribution in [3.8, 4) is 11.5 Å². The minimum atomic E-state index is -5.31. The van der Waals surface area contributed by atoms with Gasteiger partial charge in [0.05, 0.1) is 6.20 Å². The topological polar surface area (TPSA) is 103 Å². The molecule has 1 fully saturated rings. The number of hydrogen-bond donors (Lipinski definition) is 0. The number of aromatic nitrogens is 2. The monoisotopic (exact) mass is 571 g/mol. The fourth-order valence-electron chi connectivity index (χ4n) is 4.76. The molecule has 0 radical (unpaired) electrons.